The highest BCUT2D eigenvalue weighted by atomic mass is 16.1. The molecule has 0 saturated carbocycles. The van der Waals surface area contributed by atoms with Crippen molar-refractivity contribution in [3.63, 3.8) is 0 Å². The Hall–Kier alpha value is -3.39. The van der Waals surface area contributed by atoms with Crippen LogP contribution in [0.1, 0.15) is 45.9 Å². The Morgan fingerprint density at radius 2 is 2.03 bits per heavy atom. The van der Waals surface area contributed by atoms with Crippen LogP contribution in [0.25, 0.3) is 16.6 Å². The minimum absolute atomic E-state index is 0.250. The first kappa shape index (κ1) is 18.6. The molecule has 30 heavy (non-hydrogen) atoms. The zero-order chi connectivity index (χ0) is 20.7. The smallest absolute Gasteiger partial charge is 0.259 e. The highest BCUT2D eigenvalue weighted by Crippen LogP contribution is 2.32. The van der Waals surface area contributed by atoms with Crippen molar-refractivity contribution < 1.29 is 4.79 Å². The Labute approximate surface area is 173 Å². The summed E-state index contributed by atoms with van der Waals surface area (Å²) in [4.78, 5) is 17.6. The fourth-order valence-corrected chi connectivity index (χ4v) is 4.27. The summed E-state index contributed by atoms with van der Waals surface area (Å²) < 4.78 is 1.69. The van der Waals surface area contributed by atoms with E-state index in [4.69, 9.17) is 0 Å². The zero-order valence-corrected chi connectivity index (χ0v) is 17.0. The van der Waals surface area contributed by atoms with E-state index in [9.17, 15) is 4.79 Å². The number of amides is 1. The topological polar surface area (TPSA) is 97.1 Å². The lowest BCUT2D eigenvalue weighted by Gasteiger charge is -2.24. The maximum Gasteiger partial charge on any atom is 0.259 e. The van der Waals surface area contributed by atoms with E-state index in [1.165, 1.54) is 5.56 Å². The van der Waals surface area contributed by atoms with Gasteiger partial charge in [-0.15, -0.1) is 10.2 Å². The Bertz CT molecular complexity index is 1260. The van der Waals surface area contributed by atoms with Crippen molar-refractivity contribution in [1.82, 2.24) is 30.1 Å². The summed E-state index contributed by atoms with van der Waals surface area (Å²) in [6.07, 6.45) is 5.69. The maximum absolute atomic E-state index is 13.1. The van der Waals surface area contributed by atoms with Crippen molar-refractivity contribution in [3.8, 4) is 0 Å². The van der Waals surface area contributed by atoms with Crippen LogP contribution in [0.4, 0.5) is 5.82 Å². The number of carbonyl (C=O) groups is 1. The molecule has 0 bridgehead atoms. The Morgan fingerprint density at radius 3 is 2.87 bits per heavy atom. The summed E-state index contributed by atoms with van der Waals surface area (Å²) in [6, 6.07) is 7.71. The Morgan fingerprint density at radius 1 is 1.20 bits per heavy atom. The number of anilines is 1. The van der Waals surface area contributed by atoms with Crippen molar-refractivity contribution in [2.24, 2.45) is 0 Å². The van der Waals surface area contributed by atoms with E-state index in [2.05, 4.69) is 37.0 Å². The van der Waals surface area contributed by atoms with Crippen molar-refractivity contribution in [2.45, 2.75) is 32.6 Å². The quantitative estimate of drug-likeness (QED) is 0.548. The third kappa shape index (κ3) is 3.29. The molecule has 152 valence electrons. The van der Waals surface area contributed by atoms with E-state index in [0.29, 0.717) is 22.8 Å². The van der Waals surface area contributed by atoms with Crippen LogP contribution in [-0.2, 0) is 0 Å². The Kier molecular flexibility index (Phi) is 4.63. The Balaban J connectivity index is 1.51. The lowest BCUT2D eigenvalue weighted by Crippen LogP contribution is -2.26. The highest BCUT2D eigenvalue weighted by Gasteiger charge is 2.21. The SMILES string of the molecule is Cc1cn2nc(NC(=O)c3ccc(C4CCNCC4)c4ccnnc34)cc(C)c2n1. The van der Waals surface area contributed by atoms with Gasteiger partial charge in [-0.05, 0) is 75.0 Å². The number of nitrogens with zero attached hydrogens (tertiary/aromatic N) is 5. The minimum atomic E-state index is -0.250. The molecule has 1 aromatic carbocycles. The average Bonchev–Trinajstić information content (AvgIpc) is 3.14. The minimum Gasteiger partial charge on any atom is -0.317 e. The van der Waals surface area contributed by atoms with Crippen molar-refractivity contribution in [1.29, 1.82) is 0 Å². The van der Waals surface area contributed by atoms with Crippen LogP contribution in [0.15, 0.2) is 36.7 Å². The van der Waals surface area contributed by atoms with Crippen LogP contribution >= 0.6 is 0 Å². The molecule has 2 N–H and O–H groups in total. The standard InChI is InChI=1S/C22H23N7O/c1-13-11-19(28-29-12-14(2)25-21(13)29)26-22(30)18-4-3-16(15-5-8-23-9-6-15)17-7-10-24-27-20(17)18/h3-4,7,10-12,15,23H,5-6,8-9H2,1-2H3,(H,26,28,30). The van der Waals surface area contributed by atoms with E-state index in [1.54, 1.807) is 10.7 Å². The lowest BCUT2D eigenvalue weighted by atomic mass is 9.87. The average molecular weight is 401 g/mol. The number of fused-ring (bicyclic) bond motifs is 2. The number of benzene rings is 1. The number of nitrogens with one attached hydrogen (secondary N) is 2. The van der Waals surface area contributed by atoms with E-state index < -0.39 is 0 Å². The molecular weight excluding hydrogens is 378 g/mol. The molecule has 4 heterocycles. The van der Waals surface area contributed by atoms with Crippen LogP contribution < -0.4 is 10.6 Å². The molecule has 1 amide bonds. The molecule has 0 aliphatic carbocycles. The van der Waals surface area contributed by atoms with E-state index in [-0.39, 0.29) is 5.91 Å². The summed E-state index contributed by atoms with van der Waals surface area (Å²) in [6.45, 7) is 5.89. The molecule has 1 fully saturated rings. The van der Waals surface area contributed by atoms with Gasteiger partial charge in [0.2, 0.25) is 0 Å². The summed E-state index contributed by atoms with van der Waals surface area (Å²) in [5, 5.41) is 20.1. The third-order valence-corrected chi connectivity index (χ3v) is 5.71. The van der Waals surface area contributed by atoms with Gasteiger partial charge in [0.15, 0.2) is 11.5 Å². The molecular formula is C22H23N7O. The number of imidazole rings is 1. The van der Waals surface area contributed by atoms with Crippen molar-refractivity contribution >= 4 is 28.3 Å². The van der Waals surface area contributed by atoms with Gasteiger partial charge in [-0.2, -0.15) is 5.10 Å². The summed E-state index contributed by atoms with van der Waals surface area (Å²) in [7, 11) is 0. The molecule has 8 heteroatoms. The second-order valence-corrected chi connectivity index (χ2v) is 7.84. The van der Waals surface area contributed by atoms with E-state index in [0.717, 1.165) is 48.2 Å². The normalized spacial score (nSPS) is 15.0. The second kappa shape index (κ2) is 7.46. The van der Waals surface area contributed by atoms with Gasteiger partial charge in [0.25, 0.3) is 5.91 Å². The number of aryl methyl sites for hydroxylation is 2. The predicted molar refractivity (Wildman–Crippen MR) is 115 cm³/mol. The van der Waals surface area contributed by atoms with Gasteiger partial charge >= 0.3 is 0 Å². The molecule has 3 aromatic heterocycles. The van der Waals surface area contributed by atoms with Gasteiger partial charge in [-0.3, -0.25) is 4.79 Å². The molecule has 1 aliphatic rings. The number of aromatic nitrogens is 5. The highest BCUT2D eigenvalue weighted by molar-refractivity contribution is 6.12. The molecule has 8 nitrogen and oxygen atoms in total. The molecule has 1 saturated heterocycles. The lowest BCUT2D eigenvalue weighted by molar-refractivity contribution is 0.102. The van der Waals surface area contributed by atoms with Crippen molar-refractivity contribution in [2.75, 3.05) is 18.4 Å². The fourth-order valence-electron chi connectivity index (χ4n) is 4.27. The first-order valence-electron chi connectivity index (χ1n) is 10.2. The van der Waals surface area contributed by atoms with E-state index in [1.807, 2.05) is 38.2 Å². The number of piperidine rings is 1. The molecule has 5 rings (SSSR count). The molecule has 0 radical (unpaired) electrons. The van der Waals surface area contributed by atoms with Crippen LogP contribution in [0.3, 0.4) is 0 Å². The van der Waals surface area contributed by atoms with Gasteiger partial charge in [-0.1, -0.05) is 6.07 Å². The van der Waals surface area contributed by atoms with Crippen LogP contribution in [0.2, 0.25) is 0 Å². The van der Waals surface area contributed by atoms with Gasteiger partial charge < -0.3 is 10.6 Å². The number of hydrogen-bond donors (Lipinski definition) is 2. The van der Waals surface area contributed by atoms with Gasteiger partial charge in [-0.25, -0.2) is 9.50 Å². The van der Waals surface area contributed by atoms with Crippen LogP contribution in [0.5, 0.6) is 0 Å². The monoisotopic (exact) mass is 401 g/mol. The van der Waals surface area contributed by atoms with Gasteiger partial charge in [0, 0.05) is 5.39 Å². The number of rotatable bonds is 3. The summed E-state index contributed by atoms with van der Waals surface area (Å²) >= 11 is 0. The fraction of sp³-hybridized carbons (Fsp3) is 0.318. The maximum atomic E-state index is 13.1. The summed E-state index contributed by atoms with van der Waals surface area (Å²) in [5.41, 5.74) is 4.97. The zero-order valence-electron chi connectivity index (χ0n) is 17.0. The molecule has 0 atom stereocenters. The number of carbonyl (C=O) groups excluding carboxylic acids is 1. The molecule has 1 aliphatic heterocycles. The molecule has 0 spiro atoms. The second-order valence-electron chi connectivity index (χ2n) is 7.84. The molecule has 4 aromatic rings. The van der Waals surface area contributed by atoms with Crippen LogP contribution in [0, 0.1) is 13.8 Å². The van der Waals surface area contributed by atoms with Crippen molar-refractivity contribution in [3.05, 3.63) is 59.0 Å². The summed E-state index contributed by atoms with van der Waals surface area (Å²) in [5.74, 6) is 0.689. The van der Waals surface area contributed by atoms with Gasteiger partial charge in [0.1, 0.15) is 5.52 Å². The predicted octanol–water partition coefficient (Wildman–Crippen LogP) is 3.01. The van der Waals surface area contributed by atoms with Gasteiger partial charge in [0.05, 0.1) is 23.7 Å². The first-order valence-corrected chi connectivity index (χ1v) is 10.2. The third-order valence-electron chi connectivity index (χ3n) is 5.71. The molecule has 0 unspecified atom stereocenters. The first-order chi connectivity index (χ1) is 14.6. The van der Waals surface area contributed by atoms with Crippen LogP contribution in [-0.4, -0.2) is 43.8 Å². The van der Waals surface area contributed by atoms with E-state index >= 15 is 0 Å². The number of hydrogen-bond acceptors (Lipinski definition) is 6. The largest absolute Gasteiger partial charge is 0.317 e.